The van der Waals surface area contributed by atoms with E-state index in [1.165, 1.54) is 64.3 Å². The molecule has 1 N–H and O–H groups in total. The molecule has 1 heteroatoms. The van der Waals surface area contributed by atoms with E-state index >= 15 is 0 Å². The van der Waals surface area contributed by atoms with E-state index in [2.05, 4.69) is 33.0 Å². The molecule has 104 valence electrons. The van der Waals surface area contributed by atoms with Gasteiger partial charge in [-0.25, -0.2) is 0 Å². The normalized spacial score (nSPS) is 14.8. The van der Waals surface area contributed by atoms with Crippen molar-refractivity contribution < 1.29 is 0 Å². The highest BCUT2D eigenvalue weighted by Crippen LogP contribution is 2.27. The van der Waals surface area contributed by atoms with Crippen molar-refractivity contribution in [1.82, 2.24) is 5.32 Å². The molecule has 1 unspecified atom stereocenters. The molecule has 0 aromatic rings. The van der Waals surface area contributed by atoms with Crippen LogP contribution < -0.4 is 5.32 Å². The summed E-state index contributed by atoms with van der Waals surface area (Å²) >= 11 is 0. The van der Waals surface area contributed by atoms with Crippen LogP contribution in [0.5, 0.6) is 0 Å². The van der Waals surface area contributed by atoms with Gasteiger partial charge in [0.25, 0.3) is 0 Å². The highest BCUT2D eigenvalue weighted by atomic mass is 14.9. The number of hydrogen-bond acceptors (Lipinski definition) is 1. The standard InChI is InChI=1S/C16H35N/c1-5-8-9-10-11-12-13-14-16(4,6-2)15-17-7-3/h17H,5-15H2,1-4H3. The van der Waals surface area contributed by atoms with Crippen LogP contribution in [0.15, 0.2) is 0 Å². The Morgan fingerprint density at radius 3 is 1.94 bits per heavy atom. The highest BCUT2D eigenvalue weighted by molar-refractivity contribution is 4.75. The van der Waals surface area contributed by atoms with Crippen molar-refractivity contribution in [3.05, 3.63) is 0 Å². The van der Waals surface area contributed by atoms with E-state index in [9.17, 15) is 0 Å². The molecule has 0 spiro atoms. The van der Waals surface area contributed by atoms with Gasteiger partial charge in [-0.2, -0.15) is 0 Å². The largest absolute Gasteiger partial charge is 0.316 e. The zero-order valence-corrected chi connectivity index (χ0v) is 12.8. The molecule has 0 saturated carbocycles. The van der Waals surface area contributed by atoms with Crippen LogP contribution in [0, 0.1) is 5.41 Å². The van der Waals surface area contributed by atoms with Gasteiger partial charge in [0.05, 0.1) is 0 Å². The zero-order chi connectivity index (χ0) is 13.0. The summed E-state index contributed by atoms with van der Waals surface area (Å²) in [4.78, 5) is 0. The van der Waals surface area contributed by atoms with Crippen LogP contribution in [0.3, 0.4) is 0 Å². The lowest BCUT2D eigenvalue weighted by Crippen LogP contribution is -2.31. The Bertz CT molecular complexity index is 156. The van der Waals surface area contributed by atoms with Gasteiger partial charge in [-0.15, -0.1) is 0 Å². The first-order chi connectivity index (χ1) is 8.18. The van der Waals surface area contributed by atoms with Crippen LogP contribution in [-0.4, -0.2) is 13.1 Å². The van der Waals surface area contributed by atoms with Gasteiger partial charge >= 0.3 is 0 Å². The number of nitrogens with one attached hydrogen (secondary N) is 1. The molecule has 0 rings (SSSR count). The van der Waals surface area contributed by atoms with Gasteiger partial charge in [-0.05, 0) is 24.8 Å². The molecular formula is C16H35N. The van der Waals surface area contributed by atoms with Crippen molar-refractivity contribution in [1.29, 1.82) is 0 Å². The average molecular weight is 241 g/mol. The van der Waals surface area contributed by atoms with Gasteiger partial charge in [0.15, 0.2) is 0 Å². The molecule has 0 fully saturated rings. The summed E-state index contributed by atoms with van der Waals surface area (Å²) < 4.78 is 0. The maximum absolute atomic E-state index is 3.51. The zero-order valence-electron chi connectivity index (χ0n) is 12.8. The second-order valence-corrected chi connectivity index (χ2v) is 5.82. The van der Waals surface area contributed by atoms with Crippen LogP contribution in [-0.2, 0) is 0 Å². The van der Waals surface area contributed by atoms with Crippen LogP contribution in [0.4, 0.5) is 0 Å². The first kappa shape index (κ1) is 17.0. The minimum atomic E-state index is 0.527. The molecule has 0 amide bonds. The van der Waals surface area contributed by atoms with Gasteiger partial charge < -0.3 is 5.32 Å². The first-order valence-corrected chi connectivity index (χ1v) is 7.89. The molecule has 1 atom stereocenters. The predicted octanol–water partition coefficient (Wildman–Crippen LogP) is 5.15. The van der Waals surface area contributed by atoms with Crippen LogP contribution in [0.1, 0.15) is 85.5 Å². The van der Waals surface area contributed by atoms with Gasteiger partial charge in [-0.1, -0.05) is 72.6 Å². The third-order valence-corrected chi connectivity index (χ3v) is 4.04. The quantitative estimate of drug-likeness (QED) is 0.466. The van der Waals surface area contributed by atoms with Crippen molar-refractivity contribution >= 4 is 0 Å². The second-order valence-electron chi connectivity index (χ2n) is 5.82. The fourth-order valence-electron chi connectivity index (χ4n) is 2.33. The van der Waals surface area contributed by atoms with Gasteiger partial charge in [0.2, 0.25) is 0 Å². The molecule has 0 saturated heterocycles. The van der Waals surface area contributed by atoms with Crippen molar-refractivity contribution in [3.63, 3.8) is 0 Å². The van der Waals surface area contributed by atoms with Crippen LogP contribution >= 0.6 is 0 Å². The van der Waals surface area contributed by atoms with Crippen LogP contribution in [0.2, 0.25) is 0 Å². The van der Waals surface area contributed by atoms with E-state index in [0.717, 1.165) is 6.54 Å². The summed E-state index contributed by atoms with van der Waals surface area (Å²) in [5.74, 6) is 0. The number of rotatable bonds is 12. The molecule has 0 aromatic heterocycles. The molecule has 0 aromatic carbocycles. The predicted molar refractivity (Wildman–Crippen MR) is 79.6 cm³/mol. The Morgan fingerprint density at radius 2 is 1.41 bits per heavy atom. The fourth-order valence-corrected chi connectivity index (χ4v) is 2.33. The number of hydrogen-bond donors (Lipinski definition) is 1. The van der Waals surface area contributed by atoms with Gasteiger partial charge in [0, 0.05) is 6.54 Å². The molecule has 0 aliphatic heterocycles. The lowest BCUT2D eigenvalue weighted by molar-refractivity contribution is 0.261. The fraction of sp³-hybridized carbons (Fsp3) is 1.00. The SMILES string of the molecule is CCCCCCCCCC(C)(CC)CNCC. The summed E-state index contributed by atoms with van der Waals surface area (Å²) in [5.41, 5.74) is 0.527. The van der Waals surface area contributed by atoms with Crippen molar-refractivity contribution in [2.24, 2.45) is 5.41 Å². The second kappa shape index (κ2) is 11.1. The molecule has 1 nitrogen and oxygen atoms in total. The minimum absolute atomic E-state index is 0.527. The highest BCUT2D eigenvalue weighted by Gasteiger charge is 2.20. The van der Waals surface area contributed by atoms with E-state index in [1.807, 2.05) is 0 Å². The molecule has 17 heavy (non-hydrogen) atoms. The Labute approximate surface area is 110 Å². The maximum atomic E-state index is 3.51. The summed E-state index contributed by atoms with van der Waals surface area (Å²) in [5, 5.41) is 3.51. The molecular weight excluding hydrogens is 206 g/mol. The Balaban J connectivity index is 3.48. The number of unbranched alkanes of at least 4 members (excludes halogenated alkanes) is 6. The minimum Gasteiger partial charge on any atom is -0.316 e. The smallest absolute Gasteiger partial charge is 0.000494 e. The Kier molecular flexibility index (Phi) is 11.0. The summed E-state index contributed by atoms with van der Waals surface area (Å²) in [7, 11) is 0. The van der Waals surface area contributed by atoms with E-state index in [1.54, 1.807) is 0 Å². The third-order valence-electron chi connectivity index (χ3n) is 4.04. The van der Waals surface area contributed by atoms with Gasteiger partial charge in [0.1, 0.15) is 0 Å². The molecule has 0 aliphatic carbocycles. The summed E-state index contributed by atoms with van der Waals surface area (Å²) in [6, 6.07) is 0. The third kappa shape index (κ3) is 9.64. The average Bonchev–Trinajstić information content (AvgIpc) is 2.35. The van der Waals surface area contributed by atoms with E-state index in [4.69, 9.17) is 0 Å². The summed E-state index contributed by atoms with van der Waals surface area (Å²) in [6.45, 7) is 11.5. The lowest BCUT2D eigenvalue weighted by atomic mass is 9.82. The van der Waals surface area contributed by atoms with Crippen molar-refractivity contribution in [2.45, 2.75) is 85.5 Å². The van der Waals surface area contributed by atoms with Gasteiger partial charge in [-0.3, -0.25) is 0 Å². The first-order valence-electron chi connectivity index (χ1n) is 7.89. The lowest BCUT2D eigenvalue weighted by Gasteiger charge is -2.28. The van der Waals surface area contributed by atoms with E-state index in [-0.39, 0.29) is 0 Å². The van der Waals surface area contributed by atoms with E-state index < -0.39 is 0 Å². The topological polar surface area (TPSA) is 12.0 Å². The molecule has 0 aliphatic rings. The molecule has 0 radical (unpaired) electrons. The van der Waals surface area contributed by atoms with Crippen molar-refractivity contribution in [2.75, 3.05) is 13.1 Å². The monoisotopic (exact) mass is 241 g/mol. The molecule has 0 bridgehead atoms. The summed E-state index contributed by atoms with van der Waals surface area (Å²) in [6.07, 6.45) is 12.7. The van der Waals surface area contributed by atoms with E-state index in [0.29, 0.717) is 5.41 Å². The van der Waals surface area contributed by atoms with Crippen molar-refractivity contribution in [3.8, 4) is 0 Å². The molecule has 0 heterocycles. The van der Waals surface area contributed by atoms with Crippen LogP contribution in [0.25, 0.3) is 0 Å². The maximum Gasteiger partial charge on any atom is 0.000494 e. The Hall–Kier alpha value is -0.0400. The Morgan fingerprint density at radius 1 is 0.824 bits per heavy atom.